The number of carbonyl (C=O) groups excluding carboxylic acids is 3. The molecule has 33 heavy (non-hydrogen) atoms. The van der Waals surface area contributed by atoms with Gasteiger partial charge in [-0.2, -0.15) is 0 Å². The Labute approximate surface area is 214 Å². The van der Waals surface area contributed by atoms with Crippen LogP contribution in [0.2, 0.25) is 0 Å². The summed E-state index contributed by atoms with van der Waals surface area (Å²) in [6.07, 6.45) is 1.36. The number of rotatable bonds is 10. The van der Waals surface area contributed by atoms with Crippen LogP contribution in [-0.2, 0) is 25.5 Å². The van der Waals surface area contributed by atoms with Gasteiger partial charge in [0.15, 0.2) is 11.7 Å². The van der Waals surface area contributed by atoms with Crippen molar-refractivity contribution < 1.29 is 23.9 Å². The molecule has 2 aromatic rings. The van der Waals surface area contributed by atoms with Crippen LogP contribution in [0, 0.1) is 0 Å². The van der Waals surface area contributed by atoms with Gasteiger partial charge in [0.25, 0.3) is 5.91 Å². The standard InChI is InChI=1S/C22H23Br2N3O5S/c23-16-8-9-18(17(24)13-16)32-14-20(29)26-27-22(33)25-19(28)10-11-21(30)31-12-4-7-15-5-2-1-3-6-15/h1-3,5-6,8-9,13H,4,7,10-12,14H2,(H,26,29)(H2,25,27,28,33). The van der Waals surface area contributed by atoms with E-state index in [0.717, 1.165) is 10.9 Å². The highest BCUT2D eigenvalue weighted by atomic mass is 79.9. The van der Waals surface area contributed by atoms with Gasteiger partial charge in [-0.05, 0) is 64.8 Å². The van der Waals surface area contributed by atoms with Crippen LogP contribution in [-0.4, -0.2) is 36.1 Å². The molecule has 176 valence electrons. The summed E-state index contributed by atoms with van der Waals surface area (Å²) in [6, 6.07) is 15.2. The predicted molar refractivity (Wildman–Crippen MR) is 134 cm³/mol. The average Bonchev–Trinajstić information content (AvgIpc) is 2.79. The molecule has 0 spiro atoms. The molecule has 2 aromatic carbocycles. The van der Waals surface area contributed by atoms with Crippen LogP contribution in [0.4, 0.5) is 0 Å². The molecule has 3 N–H and O–H groups in total. The van der Waals surface area contributed by atoms with Crippen molar-refractivity contribution in [3.8, 4) is 5.75 Å². The van der Waals surface area contributed by atoms with Gasteiger partial charge in [0.05, 0.1) is 17.5 Å². The summed E-state index contributed by atoms with van der Waals surface area (Å²) < 4.78 is 12.1. The van der Waals surface area contributed by atoms with E-state index in [4.69, 9.17) is 21.7 Å². The first-order valence-corrected chi connectivity index (χ1v) is 12.0. The first-order valence-electron chi connectivity index (χ1n) is 9.99. The van der Waals surface area contributed by atoms with Gasteiger partial charge in [-0.3, -0.25) is 25.2 Å². The van der Waals surface area contributed by atoms with Crippen molar-refractivity contribution in [1.82, 2.24) is 16.2 Å². The number of amides is 2. The van der Waals surface area contributed by atoms with Crippen LogP contribution in [0.25, 0.3) is 0 Å². The summed E-state index contributed by atoms with van der Waals surface area (Å²) in [6.45, 7) is 0.0279. The van der Waals surface area contributed by atoms with Crippen LogP contribution >= 0.6 is 44.1 Å². The number of esters is 1. The molecule has 0 aliphatic carbocycles. The third kappa shape index (κ3) is 11.3. The van der Waals surface area contributed by atoms with E-state index in [9.17, 15) is 14.4 Å². The molecule has 0 aliphatic heterocycles. The minimum atomic E-state index is -0.500. The van der Waals surface area contributed by atoms with Crippen molar-refractivity contribution in [3.63, 3.8) is 0 Å². The third-order valence-corrected chi connectivity index (χ3v) is 5.41. The van der Waals surface area contributed by atoms with E-state index in [-0.39, 0.29) is 24.6 Å². The Balaban J connectivity index is 1.54. The van der Waals surface area contributed by atoms with Crippen molar-refractivity contribution in [2.75, 3.05) is 13.2 Å². The van der Waals surface area contributed by atoms with Crippen molar-refractivity contribution in [2.24, 2.45) is 0 Å². The number of nitrogens with one attached hydrogen (secondary N) is 3. The summed E-state index contributed by atoms with van der Waals surface area (Å²) in [4.78, 5) is 35.5. The summed E-state index contributed by atoms with van der Waals surface area (Å²) >= 11 is 11.6. The van der Waals surface area contributed by atoms with Gasteiger partial charge in [-0.15, -0.1) is 0 Å². The molecule has 0 heterocycles. The lowest BCUT2D eigenvalue weighted by molar-refractivity contribution is -0.145. The molecule has 0 saturated carbocycles. The Kier molecular flexibility index (Phi) is 11.8. The van der Waals surface area contributed by atoms with E-state index >= 15 is 0 Å². The van der Waals surface area contributed by atoms with Gasteiger partial charge in [-0.25, -0.2) is 0 Å². The van der Waals surface area contributed by atoms with E-state index in [2.05, 4.69) is 48.0 Å². The molecule has 11 heteroatoms. The molecule has 0 radical (unpaired) electrons. The number of aryl methyl sites for hydroxylation is 1. The van der Waals surface area contributed by atoms with E-state index in [1.54, 1.807) is 18.2 Å². The second-order valence-corrected chi connectivity index (χ2v) is 8.90. The molecule has 2 rings (SSSR count). The Hall–Kier alpha value is -2.50. The fraction of sp³-hybridized carbons (Fsp3) is 0.273. The fourth-order valence-electron chi connectivity index (χ4n) is 2.51. The molecule has 8 nitrogen and oxygen atoms in total. The first kappa shape index (κ1) is 26.7. The van der Waals surface area contributed by atoms with E-state index in [0.29, 0.717) is 23.2 Å². The summed E-state index contributed by atoms with van der Waals surface area (Å²) in [5.74, 6) is -0.934. The van der Waals surface area contributed by atoms with Crippen LogP contribution in [0.5, 0.6) is 5.75 Å². The molecule has 0 fully saturated rings. The van der Waals surface area contributed by atoms with Crippen LogP contribution in [0.15, 0.2) is 57.5 Å². The zero-order chi connectivity index (χ0) is 24.1. The van der Waals surface area contributed by atoms with Gasteiger partial charge in [0.1, 0.15) is 5.75 Å². The quantitative estimate of drug-likeness (QED) is 0.166. The maximum Gasteiger partial charge on any atom is 0.306 e. The Bertz CT molecular complexity index is 976. The number of benzene rings is 2. The molecule has 0 aromatic heterocycles. The zero-order valence-electron chi connectivity index (χ0n) is 17.6. The maximum absolute atomic E-state index is 11.9. The number of hydrazine groups is 1. The van der Waals surface area contributed by atoms with Crippen molar-refractivity contribution >= 4 is 67.0 Å². The number of hydrogen-bond acceptors (Lipinski definition) is 6. The fourth-order valence-corrected chi connectivity index (χ4v) is 3.84. The molecular formula is C22H23Br2N3O5S. The smallest absolute Gasteiger partial charge is 0.306 e. The highest BCUT2D eigenvalue weighted by Crippen LogP contribution is 2.28. The maximum atomic E-state index is 11.9. The minimum Gasteiger partial charge on any atom is -0.483 e. The molecule has 0 aliphatic rings. The number of hydrogen-bond donors (Lipinski definition) is 3. The Morgan fingerprint density at radius 3 is 2.42 bits per heavy atom. The lowest BCUT2D eigenvalue weighted by Crippen LogP contribution is -2.49. The summed E-state index contributed by atoms with van der Waals surface area (Å²) in [7, 11) is 0. The molecule has 0 atom stereocenters. The van der Waals surface area contributed by atoms with Gasteiger partial charge in [0.2, 0.25) is 5.91 Å². The second kappa shape index (κ2) is 14.6. The SMILES string of the molecule is O=C(COc1ccc(Br)cc1Br)NNC(=S)NC(=O)CCC(=O)OCCCc1ccccc1. The van der Waals surface area contributed by atoms with Crippen LogP contribution < -0.4 is 20.9 Å². The predicted octanol–water partition coefficient (Wildman–Crippen LogP) is 3.57. The minimum absolute atomic E-state index is 0.0674. The second-order valence-electron chi connectivity index (χ2n) is 6.72. The lowest BCUT2D eigenvalue weighted by Gasteiger charge is -2.12. The van der Waals surface area contributed by atoms with Gasteiger partial charge in [0, 0.05) is 10.9 Å². The Morgan fingerprint density at radius 1 is 0.939 bits per heavy atom. The number of halogens is 2. The number of carbonyl (C=O) groups is 3. The van der Waals surface area contributed by atoms with Crippen LogP contribution in [0.1, 0.15) is 24.8 Å². The molecule has 0 unspecified atom stereocenters. The zero-order valence-corrected chi connectivity index (χ0v) is 21.6. The molecule has 0 saturated heterocycles. The van der Waals surface area contributed by atoms with Crippen molar-refractivity contribution in [3.05, 3.63) is 63.0 Å². The molecule has 0 bridgehead atoms. The topological polar surface area (TPSA) is 106 Å². The lowest BCUT2D eigenvalue weighted by atomic mass is 10.1. The molecular weight excluding hydrogens is 578 g/mol. The number of thiocarbonyl (C=S) groups is 1. The average molecular weight is 601 g/mol. The van der Waals surface area contributed by atoms with Crippen molar-refractivity contribution in [1.29, 1.82) is 0 Å². The monoisotopic (exact) mass is 599 g/mol. The van der Waals surface area contributed by atoms with Crippen molar-refractivity contribution in [2.45, 2.75) is 25.7 Å². The first-order chi connectivity index (χ1) is 15.8. The van der Waals surface area contributed by atoms with Crippen LogP contribution in [0.3, 0.4) is 0 Å². The van der Waals surface area contributed by atoms with Gasteiger partial charge in [-0.1, -0.05) is 46.3 Å². The van der Waals surface area contributed by atoms with Gasteiger partial charge < -0.3 is 14.8 Å². The van der Waals surface area contributed by atoms with Gasteiger partial charge >= 0.3 is 5.97 Å². The van der Waals surface area contributed by atoms with E-state index in [1.807, 2.05) is 30.3 Å². The normalized spacial score (nSPS) is 10.1. The third-order valence-electron chi connectivity index (χ3n) is 4.09. The summed E-state index contributed by atoms with van der Waals surface area (Å²) in [5.41, 5.74) is 5.89. The van der Waals surface area contributed by atoms with E-state index in [1.165, 1.54) is 5.56 Å². The molecule has 2 amide bonds. The Morgan fingerprint density at radius 2 is 1.70 bits per heavy atom. The summed E-state index contributed by atoms with van der Waals surface area (Å²) in [5, 5.41) is 2.27. The highest BCUT2D eigenvalue weighted by Gasteiger charge is 2.11. The number of ether oxygens (including phenoxy) is 2. The highest BCUT2D eigenvalue weighted by molar-refractivity contribution is 9.11. The largest absolute Gasteiger partial charge is 0.483 e. The van der Waals surface area contributed by atoms with E-state index < -0.39 is 17.8 Å².